The van der Waals surface area contributed by atoms with Gasteiger partial charge in [-0.2, -0.15) is 0 Å². The van der Waals surface area contributed by atoms with Crippen molar-refractivity contribution in [1.82, 2.24) is 5.32 Å². The molecule has 0 bridgehead atoms. The van der Waals surface area contributed by atoms with Crippen molar-refractivity contribution in [3.05, 3.63) is 35.4 Å². The van der Waals surface area contributed by atoms with Crippen LogP contribution in [0, 0.1) is 0 Å². The molecule has 1 atom stereocenters. The molecule has 1 aromatic rings. The largest absolute Gasteiger partial charge is 0.465 e. The van der Waals surface area contributed by atoms with E-state index in [1.165, 1.54) is 0 Å². The smallest absolute Gasteiger partial charge is 0.404 e. The Labute approximate surface area is 98.6 Å². The lowest BCUT2D eigenvalue weighted by Gasteiger charge is -2.11. The third-order valence-corrected chi connectivity index (χ3v) is 2.25. The van der Waals surface area contributed by atoms with Crippen LogP contribution >= 0.6 is 0 Å². The van der Waals surface area contributed by atoms with E-state index in [-0.39, 0.29) is 12.6 Å². The SMILES string of the molecule is NC(=O)c1ccc(CC(N)CNC(=O)O)cc1. The molecule has 6 heteroatoms. The third kappa shape index (κ3) is 4.52. The molecule has 0 heterocycles. The Hall–Kier alpha value is -2.08. The second kappa shape index (κ2) is 5.86. The van der Waals surface area contributed by atoms with E-state index < -0.39 is 12.0 Å². The highest BCUT2D eigenvalue weighted by atomic mass is 16.4. The summed E-state index contributed by atoms with van der Waals surface area (Å²) in [5.74, 6) is -0.478. The lowest BCUT2D eigenvalue weighted by atomic mass is 10.0. The van der Waals surface area contributed by atoms with Gasteiger partial charge in [-0.1, -0.05) is 12.1 Å². The number of nitrogens with one attached hydrogen (secondary N) is 1. The van der Waals surface area contributed by atoms with Crippen LogP contribution in [0.5, 0.6) is 0 Å². The summed E-state index contributed by atoms with van der Waals surface area (Å²) in [4.78, 5) is 21.1. The highest BCUT2D eigenvalue weighted by molar-refractivity contribution is 5.92. The average Bonchev–Trinajstić information content (AvgIpc) is 2.27. The van der Waals surface area contributed by atoms with E-state index in [1.807, 2.05) is 0 Å². The molecule has 0 radical (unpaired) electrons. The van der Waals surface area contributed by atoms with Crippen LogP contribution in [0.4, 0.5) is 4.79 Å². The Morgan fingerprint density at radius 3 is 2.35 bits per heavy atom. The Kier molecular flexibility index (Phi) is 4.47. The van der Waals surface area contributed by atoms with Crippen molar-refractivity contribution in [3.8, 4) is 0 Å². The first-order chi connectivity index (χ1) is 7.99. The quantitative estimate of drug-likeness (QED) is 0.572. The maximum atomic E-state index is 10.8. The minimum atomic E-state index is -1.09. The van der Waals surface area contributed by atoms with Gasteiger partial charge in [-0.3, -0.25) is 4.79 Å². The number of carboxylic acid groups (broad SMARTS) is 1. The number of benzene rings is 1. The average molecular weight is 237 g/mol. The van der Waals surface area contributed by atoms with Crippen LogP contribution in [0.2, 0.25) is 0 Å². The summed E-state index contributed by atoms with van der Waals surface area (Å²) in [5.41, 5.74) is 12.2. The molecule has 2 amide bonds. The van der Waals surface area contributed by atoms with Crippen LogP contribution in [-0.4, -0.2) is 29.7 Å². The number of hydrogen-bond donors (Lipinski definition) is 4. The number of nitrogens with two attached hydrogens (primary N) is 2. The van der Waals surface area contributed by atoms with Gasteiger partial charge in [0.2, 0.25) is 5.91 Å². The Morgan fingerprint density at radius 1 is 1.29 bits per heavy atom. The zero-order valence-corrected chi connectivity index (χ0v) is 9.22. The normalized spacial score (nSPS) is 11.8. The number of carbonyl (C=O) groups excluding carboxylic acids is 1. The van der Waals surface area contributed by atoms with E-state index in [9.17, 15) is 9.59 Å². The highest BCUT2D eigenvalue weighted by Gasteiger charge is 2.06. The van der Waals surface area contributed by atoms with Crippen LogP contribution in [0.1, 0.15) is 15.9 Å². The van der Waals surface area contributed by atoms with Gasteiger partial charge in [0, 0.05) is 18.2 Å². The van der Waals surface area contributed by atoms with Gasteiger partial charge < -0.3 is 21.9 Å². The fourth-order valence-corrected chi connectivity index (χ4v) is 1.40. The fraction of sp³-hybridized carbons (Fsp3) is 0.273. The summed E-state index contributed by atoms with van der Waals surface area (Å²) < 4.78 is 0. The number of amides is 2. The molecule has 0 saturated heterocycles. The molecule has 1 unspecified atom stereocenters. The summed E-state index contributed by atoms with van der Waals surface area (Å²) in [6, 6.07) is 6.44. The molecule has 0 aliphatic rings. The lowest BCUT2D eigenvalue weighted by Crippen LogP contribution is -2.37. The molecule has 0 spiro atoms. The number of hydrogen-bond acceptors (Lipinski definition) is 3. The summed E-state index contributed by atoms with van der Waals surface area (Å²) in [6.07, 6.45) is -0.566. The van der Waals surface area contributed by atoms with Gasteiger partial charge in [0.1, 0.15) is 0 Å². The van der Waals surface area contributed by atoms with Crippen molar-refractivity contribution in [2.75, 3.05) is 6.54 Å². The Morgan fingerprint density at radius 2 is 1.88 bits per heavy atom. The van der Waals surface area contributed by atoms with Crippen LogP contribution < -0.4 is 16.8 Å². The number of rotatable bonds is 5. The molecule has 92 valence electrons. The minimum Gasteiger partial charge on any atom is -0.465 e. The standard InChI is InChI=1S/C11H15N3O3/c12-9(6-14-11(16)17)5-7-1-3-8(4-2-7)10(13)15/h1-4,9,14H,5-6,12H2,(H2,13,15)(H,16,17). The van der Waals surface area contributed by atoms with Crippen molar-refractivity contribution in [3.63, 3.8) is 0 Å². The molecule has 1 aromatic carbocycles. The van der Waals surface area contributed by atoms with Crippen molar-refractivity contribution in [2.45, 2.75) is 12.5 Å². The van der Waals surface area contributed by atoms with E-state index in [0.29, 0.717) is 12.0 Å². The van der Waals surface area contributed by atoms with E-state index >= 15 is 0 Å². The predicted octanol–water partition coefficient (Wildman–Crippen LogP) is -0.0771. The second-order valence-corrected chi connectivity index (χ2v) is 3.71. The summed E-state index contributed by atoms with van der Waals surface area (Å²) in [7, 11) is 0. The van der Waals surface area contributed by atoms with Crippen LogP contribution in [0.25, 0.3) is 0 Å². The summed E-state index contributed by atoms with van der Waals surface area (Å²) in [5, 5.41) is 10.6. The molecule has 17 heavy (non-hydrogen) atoms. The monoisotopic (exact) mass is 237 g/mol. The van der Waals surface area contributed by atoms with Gasteiger partial charge in [0.25, 0.3) is 0 Å². The zero-order chi connectivity index (χ0) is 12.8. The predicted molar refractivity (Wildman–Crippen MR) is 62.7 cm³/mol. The highest BCUT2D eigenvalue weighted by Crippen LogP contribution is 2.05. The topological polar surface area (TPSA) is 118 Å². The number of carbonyl (C=O) groups is 2. The molecule has 0 saturated carbocycles. The van der Waals surface area contributed by atoms with Crippen LogP contribution in [0.3, 0.4) is 0 Å². The van der Waals surface area contributed by atoms with Crippen LogP contribution in [0.15, 0.2) is 24.3 Å². The molecule has 6 N–H and O–H groups in total. The molecular formula is C11H15N3O3. The number of primary amides is 1. The van der Waals surface area contributed by atoms with Crippen molar-refractivity contribution in [1.29, 1.82) is 0 Å². The molecule has 6 nitrogen and oxygen atoms in total. The Balaban J connectivity index is 2.51. The molecule has 0 aliphatic carbocycles. The summed E-state index contributed by atoms with van der Waals surface area (Å²) in [6.45, 7) is 0.187. The van der Waals surface area contributed by atoms with Gasteiger partial charge in [0.05, 0.1) is 0 Å². The molecule has 0 aliphatic heterocycles. The van der Waals surface area contributed by atoms with E-state index in [1.54, 1.807) is 24.3 Å². The fourth-order valence-electron chi connectivity index (χ4n) is 1.40. The van der Waals surface area contributed by atoms with Gasteiger partial charge in [-0.15, -0.1) is 0 Å². The maximum Gasteiger partial charge on any atom is 0.404 e. The molecule has 1 rings (SSSR count). The lowest BCUT2D eigenvalue weighted by molar-refractivity contribution is 0.1000. The molecule has 0 fully saturated rings. The first-order valence-corrected chi connectivity index (χ1v) is 5.10. The molecule has 0 aromatic heterocycles. The van der Waals surface area contributed by atoms with Gasteiger partial charge in [0.15, 0.2) is 0 Å². The van der Waals surface area contributed by atoms with E-state index in [0.717, 1.165) is 5.56 Å². The second-order valence-electron chi connectivity index (χ2n) is 3.71. The summed E-state index contributed by atoms with van der Waals surface area (Å²) >= 11 is 0. The van der Waals surface area contributed by atoms with Gasteiger partial charge >= 0.3 is 6.09 Å². The van der Waals surface area contributed by atoms with Gasteiger partial charge in [-0.05, 0) is 24.1 Å². The third-order valence-electron chi connectivity index (χ3n) is 2.25. The van der Waals surface area contributed by atoms with E-state index in [2.05, 4.69) is 5.32 Å². The van der Waals surface area contributed by atoms with Gasteiger partial charge in [-0.25, -0.2) is 4.79 Å². The van der Waals surface area contributed by atoms with Crippen molar-refractivity contribution >= 4 is 12.0 Å². The van der Waals surface area contributed by atoms with Crippen molar-refractivity contribution in [2.24, 2.45) is 11.5 Å². The minimum absolute atomic E-state index is 0.187. The Bertz CT molecular complexity index is 403. The zero-order valence-electron chi connectivity index (χ0n) is 9.22. The van der Waals surface area contributed by atoms with E-state index in [4.69, 9.17) is 16.6 Å². The first-order valence-electron chi connectivity index (χ1n) is 5.10. The first kappa shape index (κ1) is 13.0. The molecular weight excluding hydrogens is 222 g/mol. The maximum absolute atomic E-state index is 10.8. The van der Waals surface area contributed by atoms with Crippen LogP contribution in [-0.2, 0) is 6.42 Å². The van der Waals surface area contributed by atoms with Crippen molar-refractivity contribution < 1.29 is 14.7 Å².